The molecule has 1 aromatic carbocycles. The minimum absolute atomic E-state index is 0.151. The Kier molecular flexibility index (Phi) is 4.72. The van der Waals surface area contributed by atoms with Crippen molar-refractivity contribution in [3.05, 3.63) is 36.2 Å². The number of oxazole rings is 1. The van der Waals surface area contributed by atoms with Crippen LogP contribution in [-0.2, 0) is 4.79 Å². The van der Waals surface area contributed by atoms with Crippen LogP contribution in [0, 0.1) is 17.2 Å². The first-order valence-corrected chi connectivity index (χ1v) is 6.86. The topological polar surface area (TPSA) is 70.1 Å². The maximum absolute atomic E-state index is 12.1. The molecule has 0 aliphatic rings. The van der Waals surface area contributed by atoms with Gasteiger partial charge in [0.2, 0.25) is 11.8 Å². The number of amides is 1. The number of carbonyl (C=O) groups is 1. The number of likely N-dealkylation sites (N-methyl/N-ethyl adjacent to an activating group) is 1. The number of rotatable bonds is 5. The van der Waals surface area contributed by atoms with Gasteiger partial charge in [-0.2, -0.15) is 5.26 Å². The summed E-state index contributed by atoms with van der Waals surface area (Å²) in [5.41, 5.74) is 1.45. The van der Waals surface area contributed by atoms with E-state index < -0.39 is 0 Å². The molecule has 0 fully saturated rings. The second kappa shape index (κ2) is 6.71. The zero-order chi connectivity index (χ0) is 15.2. The van der Waals surface area contributed by atoms with E-state index in [1.807, 2.05) is 31.2 Å². The molecule has 0 aliphatic carbocycles. The number of nitriles is 1. The van der Waals surface area contributed by atoms with Gasteiger partial charge in [-0.05, 0) is 26.0 Å². The molecule has 108 valence electrons. The summed E-state index contributed by atoms with van der Waals surface area (Å²) in [5.74, 6) is 0.0578. The monoisotopic (exact) mass is 283 g/mol. The van der Waals surface area contributed by atoms with E-state index in [1.165, 1.54) is 6.08 Å². The Labute approximate surface area is 123 Å². The minimum Gasteiger partial charge on any atom is -0.437 e. The summed E-state index contributed by atoms with van der Waals surface area (Å²) in [5, 5.41) is 8.82. The van der Waals surface area contributed by atoms with E-state index >= 15 is 0 Å². The van der Waals surface area contributed by atoms with Crippen molar-refractivity contribution in [3.63, 3.8) is 0 Å². The lowest BCUT2D eigenvalue weighted by Gasteiger charge is -2.19. The lowest BCUT2D eigenvalue weighted by Crippen LogP contribution is -2.32. The molecule has 1 atom stereocenters. The Bertz CT molecular complexity index is 664. The Morgan fingerprint density at radius 3 is 2.95 bits per heavy atom. The zero-order valence-corrected chi connectivity index (χ0v) is 12.1. The van der Waals surface area contributed by atoms with Gasteiger partial charge in [-0.3, -0.25) is 4.79 Å². The number of para-hydroxylation sites is 2. The maximum atomic E-state index is 12.1. The predicted octanol–water partition coefficient (Wildman–Crippen LogP) is 2.85. The van der Waals surface area contributed by atoms with Gasteiger partial charge in [0.05, 0.1) is 12.0 Å². The van der Waals surface area contributed by atoms with Crippen molar-refractivity contribution in [2.75, 3.05) is 13.1 Å². The summed E-state index contributed by atoms with van der Waals surface area (Å²) < 4.78 is 5.51. The van der Waals surface area contributed by atoms with Gasteiger partial charge in [0.15, 0.2) is 5.58 Å². The van der Waals surface area contributed by atoms with Crippen molar-refractivity contribution in [1.82, 2.24) is 9.88 Å². The van der Waals surface area contributed by atoms with Gasteiger partial charge in [-0.1, -0.05) is 12.1 Å². The Morgan fingerprint density at radius 1 is 1.52 bits per heavy atom. The lowest BCUT2D eigenvalue weighted by atomic mass is 10.2. The second-order valence-corrected chi connectivity index (χ2v) is 4.76. The first-order chi connectivity index (χ1) is 10.1. The van der Waals surface area contributed by atoms with E-state index in [-0.39, 0.29) is 11.8 Å². The van der Waals surface area contributed by atoms with Gasteiger partial charge in [0.1, 0.15) is 5.52 Å². The Balaban J connectivity index is 2.08. The molecule has 0 saturated heterocycles. The van der Waals surface area contributed by atoms with Crippen LogP contribution >= 0.6 is 0 Å². The second-order valence-electron chi connectivity index (χ2n) is 4.76. The fraction of sp³-hybridized carbons (Fsp3) is 0.312. The summed E-state index contributed by atoms with van der Waals surface area (Å²) in [6.45, 7) is 4.65. The smallest absolute Gasteiger partial charge is 0.246 e. The van der Waals surface area contributed by atoms with Crippen molar-refractivity contribution in [1.29, 1.82) is 5.26 Å². The molecule has 1 unspecified atom stereocenters. The summed E-state index contributed by atoms with van der Waals surface area (Å²) in [6.07, 6.45) is 2.99. The van der Waals surface area contributed by atoms with E-state index in [4.69, 9.17) is 9.68 Å². The number of carbonyl (C=O) groups excluding carboxylic acids is 1. The molecule has 5 heteroatoms. The largest absolute Gasteiger partial charge is 0.437 e. The minimum atomic E-state index is -0.188. The average molecular weight is 283 g/mol. The molecule has 0 bridgehead atoms. The highest BCUT2D eigenvalue weighted by Gasteiger charge is 2.12. The molecule has 1 amide bonds. The van der Waals surface area contributed by atoms with Crippen molar-refractivity contribution in [2.45, 2.75) is 13.8 Å². The Morgan fingerprint density at radius 2 is 2.29 bits per heavy atom. The molecule has 1 aromatic heterocycles. The van der Waals surface area contributed by atoms with Crippen molar-refractivity contribution < 1.29 is 9.21 Å². The SMILES string of the molecule is CCN(CC(C)C#N)C(=O)/C=C/c1nc2ccccc2o1. The molecule has 5 nitrogen and oxygen atoms in total. The molecule has 21 heavy (non-hydrogen) atoms. The molecule has 0 N–H and O–H groups in total. The highest BCUT2D eigenvalue weighted by atomic mass is 16.3. The van der Waals surface area contributed by atoms with Gasteiger partial charge in [-0.25, -0.2) is 4.98 Å². The van der Waals surface area contributed by atoms with Gasteiger partial charge in [-0.15, -0.1) is 0 Å². The van der Waals surface area contributed by atoms with Crippen molar-refractivity contribution >= 4 is 23.1 Å². The van der Waals surface area contributed by atoms with Crippen LogP contribution in [0.1, 0.15) is 19.7 Å². The normalized spacial score (nSPS) is 12.4. The van der Waals surface area contributed by atoms with Crippen molar-refractivity contribution in [3.8, 4) is 6.07 Å². The van der Waals surface area contributed by atoms with E-state index in [2.05, 4.69) is 11.1 Å². The van der Waals surface area contributed by atoms with Gasteiger partial charge >= 0.3 is 0 Å². The van der Waals surface area contributed by atoms with Crippen LogP contribution in [0.3, 0.4) is 0 Å². The maximum Gasteiger partial charge on any atom is 0.246 e. The Hall–Kier alpha value is -2.61. The summed E-state index contributed by atoms with van der Waals surface area (Å²) in [4.78, 5) is 18.0. The fourth-order valence-corrected chi connectivity index (χ4v) is 1.96. The molecule has 0 radical (unpaired) electrons. The molecule has 2 aromatic rings. The molecule has 2 rings (SSSR count). The van der Waals surface area contributed by atoms with E-state index in [1.54, 1.807) is 17.9 Å². The average Bonchev–Trinajstić information content (AvgIpc) is 2.92. The fourth-order valence-electron chi connectivity index (χ4n) is 1.96. The third-order valence-corrected chi connectivity index (χ3v) is 3.09. The number of nitrogens with zero attached hydrogens (tertiary/aromatic N) is 3. The first kappa shape index (κ1) is 14.8. The number of benzene rings is 1. The van der Waals surface area contributed by atoms with E-state index in [9.17, 15) is 4.79 Å². The van der Waals surface area contributed by atoms with Crippen LogP contribution < -0.4 is 0 Å². The highest BCUT2D eigenvalue weighted by molar-refractivity contribution is 5.91. The molecule has 0 spiro atoms. The van der Waals surface area contributed by atoms with Crippen LogP contribution in [0.15, 0.2) is 34.8 Å². The molecule has 0 saturated carbocycles. The van der Waals surface area contributed by atoms with Crippen LogP contribution in [0.4, 0.5) is 0 Å². The van der Waals surface area contributed by atoms with Crippen LogP contribution in [0.2, 0.25) is 0 Å². The van der Waals surface area contributed by atoms with Gasteiger partial charge in [0.25, 0.3) is 0 Å². The molecular formula is C16H17N3O2. The lowest BCUT2D eigenvalue weighted by molar-refractivity contribution is -0.126. The van der Waals surface area contributed by atoms with Crippen LogP contribution in [0.25, 0.3) is 17.2 Å². The molecular weight excluding hydrogens is 266 g/mol. The van der Waals surface area contributed by atoms with Gasteiger partial charge < -0.3 is 9.32 Å². The van der Waals surface area contributed by atoms with Crippen LogP contribution in [0.5, 0.6) is 0 Å². The molecule has 0 aliphatic heterocycles. The third kappa shape index (κ3) is 3.69. The number of hydrogen-bond acceptors (Lipinski definition) is 4. The van der Waals surface area contributed by atoms with Gasteiger partial charge in [0, 0.05) is 25.2 Å². The zero-order valence-electron chi connectivity index (χ0n) is 12.1. The standard InChI is InChI=1S/C16H17N3O2/c1-3-19(11-12(2)10-17)16(20)9-8-15-18-13-6-4-5-7-14(13)21-15/h4-9,12H,3,11H2,1-2H3/b9-8+. The number of fused-ring (bicyclic) bond motifs is 1. The third-order valence-electron chi connectivity index (χ3n) is 3.09. The summed E-state index contributed by atoms with van der Waals surface area (Å²) >= 11 is 0. The predicted molar refractivity (Wildman–Crippen MR) is 80.1 cm³/mol. The van der Waals surface area contributed by atoms with Crippen LogP contribution in [-0.4, -0.2) is 28.9 Å². The number of aromatic nitrogens is 1. The highest BCUT2D eigenvalue weighted by Crippen LogP contribution is 2.15. The first-order valence-electron chi connectivity index (χ1n) is 6.86. The summed E-state index contributed by atoms with van der Waals surface area (Å²) in [6, 6.07) is 9.56. The number of hydrogen-bond donors (Lipinski definition) is 0. The van der Waals surface area contributed by atoms with Crippen molar-refractivity contribution in [2.24, 2.45) is 5.92 Å². The summed E-state index contributed by atoms with van der Waals surface area (Å²) in [7, 11) is 0. The van der Waals surface area contributed by atoms with E-state index in [0.29, 0.717) is 24.6 Å². The quantitative estimate of drug-likeness (QED) is 0.791. The van der Waals surface area contributed by atoms with E-state index in [0.717, 1.165) is 5.52 Å². The molecule has 1 heterocycles.